The first-order valence-electron chi connectivity index (χ1n) is 3.90. The van der Waals surface area contributed by atoms with Crippen LogP contribution in [0.25, 0.3) is 0 Å². The molecule has 0 unspecified atom stereocenters. The summed E-state index contributed by atoms with van der Waals surface area (Å²) in [7, 11) is 0. The van der Waals surface area contributed by atoms with Gasteiger partial charge in [-0.2, -0.15) is 0 Å². The third kappa shape index (κ3) is 5.46. The zero-order valence-electron chi connectivity index (χ0n) is 7.37. The highest BCUT2D eigenvalue weighted by Gasteiger charge is 1.82. The molecule has 0 aliphatic heterocycles. The average Bonchev–Trinajstić information content (AvgIpc) is 2.57. The van der Waals surface area contributed by atoms with Crippen molar-refractivity contribution in [2.45, 2.75) is 26.7 Å². The minimum Gasteiger partial charge on any atom is -0.481 e. The number of carboxylic acids is 1. The number of aliphatic carboxylic acids is 1. The summed E-state index contributed by atoms with van der Waals surface area (Å²) in [5, 5.41) is 7.72. The Morgan fingerprint density at radius 3 is 2.42 bits per heavy atom. The van der Waals surface area contributed by atoms with Crippen LogP contribution in [0.4, 0.5) is 0 Å². The zero-order chi connectivity index (χ0) is 9.40. The number of nitrogens with zero attached hydrogens (tertiary/aromatic N) is 1. The van der Waals surface area contributed by atoms with E-state index in [0.717, 1.165) is 12.2 Å². The summed E-state index contributed by atoms with van der Waals surface area (Å²) in [6, 6.07) is 0. The van der Waals surface area contributed by atoms with E-state index in [0.29, 0.717) is 0 Å². The lowest BCUT2D eigenvalue weighted by atomic mass is 10.5. The summed E-state index contributed by atoms with van der Waals surface area (Å²) in [5.74, 6) is 0.310. The van der Waals surface area contributed by atoms with E-state index in [2.05, 4.69) is 16.9 Å². The molecule has 0 atom stereocenters. The Kier molecular flexibility index (Phi) is 5.69. The first kappa shape index (κ1) is 10.7. The van der Waals surface area contributed by atoms with Crippen LogP contribution in [-0.4, -0.2) is 21.0 Å². The summed E-state index contributed by atoms with van der Waals surface area (Å²) in [4.78, 5) is 16.3. The van der Waals surface area contributed by atoms with Crippen molar-refractivity contribution in [3.63, 3.8) is 0 Å². The van der Waals surface area contributed by atoms with Gasteiger partial charge in [0.05, 0.1) is 0 Å². The zero-order valence-corrected chi connectivity index (χ0v) is 7.37. The predicted molar refractivity (Wildman–Crippen MR) is 45.9 cm³/mol. The van der Waals surface area contributed by atoms with Crippen LogP contribution in [0.15, 0.2) is 12.4 Å². The molecule has 0 aromatic carbocycles. The van der Waals surface area contributed by atoms with Gasteiger partial charge >= 0.3 is 5.97 Å². The molecule has 4 nitrogen and oxygen atoms in total. The number of imidazole rings is 1. The predicted octanol–water partition coefficient (Wildman–Crippen LogP) is 1.45. The molecule has 0 radical (unpaired) electrons. The fourth-order valence-electron chi connectivity index (χ4n) is 0.491. The first-order chi connectivity index (χ1) is 5.70. The summed E-state index contributed by atoms with van der Waals surface area (Å²) < 4.78 is 0. The Morgan fingerprint density at radius 1 is 1.67 bits per heavy atom. The van der Waals surface area contributed by atoms with E-state index >= 15 is 0 Å². The number of H-pyrrole nitrogens is 1. The molecular weight excluding hydrogens is 156 g/mol. The smallest absolute Gasteiger partial charge is 0.303 e. The Morgan fingerprint density at radius 2 is 2.25 bits per heavy atom. The van der Waals surface area contributed by atoms with Crippen LogP contribution in [0.5, 0.6) is 0 Å². The molecule has 68 valence electrons. The van der Waals surface area contributed by atoms with Gasteiger partial charge in [-0.15, -0.1) is 0 Å². The molecule has 0 amide bonds. The van der Waals surface area contributed by atoms with Crippen molar-refractivity contribution >= 4 is 5.97 Å². The summed E-state index contributed by atoms with van der Waals surface area (Å²) in [6.07, 6.45) is 4.81. The van der Waals surface area contributed by atoms with Crippen molar-refractivity contribution in [2.24, 2.45) is 0 Å². The van der Waals surface area contributed by atoms with E-state index in [9.17, 15) is 4.79 Å². The molecule has 0 aliphatic carbocycles. The molecule has 1 rings (SSSR count). The van der Waals surface area contributed by atoms with E-state index in [1.807, 2.05) is 6.20 Å². The van der Waals surface area contributed by atoms with Crippen molar-refractivity contribution < 1.29 is 9.90 Å². The second-order valence-electron chi connectivity index (χ2n) is 2.14. The minimum absolute atomic E-state index is 0.222. The van der Waals surface area contributed by atoms with Gasteiger partial charge < -0.3 is 10.1 Å². The number of aromatic amines is 1. The van der Waals surface area contributed by atoms with Gasteiger partial charge in [0.2, 0.25) is 0 Å². The summed E-state index contributed by atoms with van der Waals surface area (Å²) in [6.45, 7) is 3.67. The lowest BCUT2D eigenvalue weighted by molar-refractivity contribution is -0.136. The quantitative estimate of drug-likeness (QED) is 0.706. The number of hydrogen-bond donors (Lipinski definition) is 2. The molecule has 1 aromatic heterocycles. The number of carboxylic acid groups (broad SMARTS) is 1. The van der Waals surface area contributed by atoms with Gasteiger partial charge in [-0.25, -0.2) is 4.98 Å². The monoisotopic (exact) mass is 170 g/mol. The number of rotatable bonds is 2. The minimum atomic E-state index is -0.745. The number of aromatic nitrogens is 2. The molecule has 0 saturated heterocycles. The van der Waals surface area contributed by atoms with Crippen LogP contribution < -0.4 is 0 Å². The molecule has 0 fully saturated rings. The number of hydrogen-bond acceptors (Lipinski definition) is 2. The number of nitrogens with one attached hydrogen (secondary N) is 1. The third-order valence-electron chi connectivity index (χ3n) is 1.19. The van der Waals surface area contributed by atoms with E-state index < -0.39 is 5.97 Å². The fraction of sp³-hybridized carbons (Fsp3) is 0.500. The van der Waals surface area contributed by atoms with Gasteiger partial charge in [0.15, 0.2) is 0 Å². The first-order valence-corrected chi connectivity index (χ1v) is 3.90. The van der Waals surface area contributed by atoms with Crippen molar-refractivity contribution in [1.29, 1.82) is 0 Å². The molecule has 2 N–H and O–H groups in total. The van der Waals surface area contributed by atoms with E-state index in [-0.39, 0.29) is 6.42 Å². The lowest BCUT2D eigenvalue weighted by Crippen LogP contribution is -1.86. The van der Waals surface area contributed by atoms with Crippen LogP contribution in [0.1, 0.15) is 26.1 Å². The van der Waals surface area contributed by atoms with Crippen molar-refractivity contribution in [3.8, 4) is 0 Å². The van der Waals surface area contributed by atoms with E-state index in [1.165, 1.54) is 0 Å². The van der Waals surface area contributed by atoms with Gasteiger partial charge in [0.1, 0.15) is 5.82 Å². The molecule has 0 spiro atoms. The largest absolute Gasteiger partial charge is 0.481 e. The highest BCUT2D eigenvalue weighted by atomic mass is 16.4. The van der Waals surface area contributed by atoms with Gasteiger partial charge in [-0.3, -0.25) is 4.79 Å². The maximum Gasteiger partial charge on any atom is 0.303 e. The topological polar surface area (TPSA) is 66.0 Å². The number of aryl methyl sites for hydroxylation is 1. The van der Waals surface area contributed by atoms with Crippen molar-refractivity contribution in [2.75, 3.05) is 0 Å². The van der Waals surface area contributed by atoms with Crippen LogP contribution in [0, 0.1) is 0 Å². The highest BCUT2D eigenvalue weighted by Crippen LogP contribution is 1.85. The Hall–Kier alpha value is -1.32. The van der Waals surface area contributed by atoms with Crippen molar-refractivity contribution in [3.05, 3.63) is 18.2 Å². The molecule has 1 heterocycles. The maximum atomic E-state index is 9.37. The van der Waals surface area contributed by atoms with Crippen LogP contribution in [0.3, 0.4) is 0 Å². The molecule has 0 saturated carbocycles. The average molecular weight is 170 g/mol. The highest BCUT2D eigenvalue weighted by molar-refractivity contribution is 5.66. The van der Waals surface area contributed by atoms with Crippen LogP contribution in [-0.2, 0) is 11.2 Å². The molecule has 1 aromatic rings. The van der Waals surface area contributed by atoms with Gasteiger partial charge in [-0.1, -0.05) is 13.8 Å². The van der Waals surface area contributed by atoms with Gasteiger partial charge in [0.25, 0.3) is 0 Å². The lowest BCUT2D eigenvalue weighted by Gasteiger charge is -1.79. The van der Waals surface area contributed by atoms with E-state index in [1.54, 1.807) is 13.1 Å². The summed E-state index contributed by atoms with van der Waals surface area (Å²) in [5.41, 5.74) is 0. The summed E-state index contributed by atoms with van der Waals surface area (Å²) >= 11 is 0. The normalized spacial score (nSPS) is 8.50. The second-order valence-corrected chi connectivity index (χ2v) is 2.14. The maximum absolute atomic E-state index is 9.37. The van der Waals surface area contributed by atoms with Crippen LogP contribution >= 0.6 is 0 Å². The van der Waals surface area contributed by atoms with Crippen molar-refractivity contribution in [1.82, 2.24) is 9.97 Å². The van der Waals surface area contributed by atoms with Crippen LogP contribution in [0.2, 0.25) is 0 Å². The molecule has 4 heteroatoms. The van der Waals surface area contributed by atoms with E-state index in [4.69, 9.17) is 5.11 Å². The molecule has 12 heavy (non-hydrogen) atoms. The number of carbonyl (C=O) groups is 1. The van der Waals surface area contributed by atoms with Gasteiger partial charge in [0, 0.05) is 25.2 Å². The van der Waals surface area contributed by atoms with Gasteiger partial charge in [-0.05, 0) is 0 Å². The fourth-order valence-corrected chi connectivity index (χ4v) is 0.491. The Labute approximate surface area is 71.6 Å². The second kappa shape index (κ2) is 6.39. The molecular formula is C8H14N2O2. The molecule has 0 bridgehead atoms. The molecule has 0 aliphatic rings. The Balaban J connectivity index is 0.000000217. The SMILES string of the molecule is CCC(=O)O.CCc1ncc[nH]1. The Bertz CT molecular complexity index is 207. The third-order valence-corrected chi connectivity index (χ3v) is 1.19. The standard InChI is InChI=1S/C5H8N2.C3H6O2/c1-2-5-6-3-4-7-5;1-2-3(4)5/h3-4H,2H2,1H3,(H,6,7);2H2,1H3,(H,4,5).